The molecule has 2 aromatic rings. The fourth-order valence-corrected chi connectivity index (χ4v) is 1.89. The van der Waals surface area contributed by atoms with Gasteiger partial charge in [0.05, 0.1) is 16.4 Å². The summed E-state index contributed by atoms with van der Waals surface area (Å²) in [7, 11) is 0. The minimum atomic E-state index is -0.443. The van der Waals surface area contributed by atoms with Gasteiger partial charge in [0.25, 0.3) is 0 Å². The van der Waals surface area contributed by atoms with Crippen LogP contribution in [0, 0.1) is 13.8 Å². The molecule has 6 heteroatoms. The van der Waals surface area contributed by atoms with Gasteiger partial charge in [0.2, 0.25) is 0 Å². The molecule has 1 aromatic carbocycles. The number of hydrogen-bond acceptors (Lipinski definition) is 4. The van der Waals surface area contributed by atoms with E-state index in [-0.39, 0.29) is 11.5 Å². The Morgan fingerprint density at radius 2 is 2.11 bits per heavy atom. The number of halogens is 1. The van der Waals surface area contributed by atoms with Crippen molar-refractivity contribution >= 4 is 17.6 Å². The summed E-state index contributed by atoms with van der Waals surface area (Å²) in [6.45, 7) is 4.89. The van der Waals surface area contributed by atoms with Gasteiger partial charge in [-0.3, -0.25) is 4.79 Å². The van der Waals surface area contributed by atoms with Gasteiger partial charge in [-0.15, -0.1) is 0 Å². The van der Waals surface area contributed by atoms with Crippen molar-refractivity contribution in [2.24, 2.45) is 0 Å². The van der Waals surface area contributed by atoms with Gasteiger partial charge in [-0.2, -0.15) is 5.10 Å². The smallest absolute Gasteiger partial charge is 0.308 e. The number of aromatic nitrogens is 2. The molecule has 0 saturated carbocycles. The normalized spacial score (nSPS) is 10.5. The molecule has 5 nitrogen and oxygen atoms in total. The minimum Gasteiger partial charge on any atom is -0.506 e. The average Bonchev–Trinajstić information content (AvgIpc) is 2.56. The van der Waals surface area contributed by atoms with Gasteiger partial charge in [-0.1, -0.05) is 11.6 Å². The molecular formula is C13H13ClN2O3. The summed E-state index contributed by atoms with van der Waals surface area (Å²) < 4.78 is 6.44. The summed E-state index contributed by atoms with van der Waals surface area (Å²) in [5, 5.41) is 14.8. The zero-order valence-electron chi connectivity index (χ0n) is 10.8. The first-order valence-corrected chi connectivity index (χ1v) is 6.01. The standard InChI is InChI=1S/C13H13ClN2O3/c1-7-13(14)8(2)16(15-7)11-5-4-10(6-12(11)18)19-9(3)17/h4-6,18H,1-3H3. The second-order valence-corrected chi connectivity index (χ2v) is 4.52. The molecule has 0 aliphatic heterocycles. The third kappa shape index (κ3) is 2.56. The van der Waals surface area contributed by atoms with Crippen LogP contribution >= 0.6 is 11.6 Å². The largest absolute Gasteiger partial charge is 0.506 e. The van der Waals surface area contributed by atoms with Crippen molar-refractivity contribution in [3.8, 4) is 17.2 Å². The van der Waals surface area contributed by atoms with Gasteiger partial charge in [0, 0.05) is 13.0 Å². The number of aryl methyl sites for hydroxylation is 1. The maximum Gasteiger partial charge on any atom is 0.308 e. The molecule has 1 N–H and O–H groups in total. The second-order valence-electron chi connectivity index (χ2n) is 4.14. The molecule has 0 unspecified atom stereocenters. The van der Waals surface area contributed by atoms with Crippen LogP contribution in [0.25, 0.3) is 5.69 Å². The maximum absolute atomic E-state index is 10.8. The van der Waals surface area contributed by atoms with Crippen LogP contribution in [0.5, 0.6) is 11.5 Å². The third-order valence-electron chi connectivity index (χ3n) is 2.64. The second kappa shape index (κ2) is 4.93. The summed E-state index contributed by atoms with van der Waals surface area (Å²) in [6, 6.07) is 4.56. The first-order valence-electron chi connectivity index (χ1n) is 5.63. The zero-order chi connectivity index (χ0) is 14.2. The van der Waals surface area contributed by atoms with Gasteiger partial charge in [-0.25, -0.2) is 4.68 Å². The molecular weight excluding hydrogens is 268 g/mol. The number of aromatic hydroxyl groups is 1. The number of phenolic OH excluding ortho intramolecular Hbond substituents is 1. The maximum atomic E-state index is 10.8. The summed E-state index contributed by atoms with van der Waals surface area (Å²) in [5.74, 6) is -0.205. The Balaban J connectivity index is 2.46. The minimum absolute atomic E-state index is 0.0407. The van der Waals surface area contributed by atoms with Crippen LogP contribution < -0.4 is 4.74 Å². The van der Waals surface area contributed by atoms with Crippen LogP contribution in [0.3, 0.4) is 0 Å². The predicted octanol–water partition coefficient (Wildman–Crippen LogP) is 2.77. The lowest BCUT2D eigenvalue weighted by Crippen LogP contribution is -2.03. The van der Waals surface area contributed by atoms with Crippen molar-refractivity contribution in [2.75, 3.05) is 0 Å². The molecule has 1 heterocycles. The summed E-state index contributed by atoms with van der Waals surface area (Å²) >= 11 is 6.07. The lowest BCUT2D eigenvalue weighted by atomic mass is 10.2. The first-order chi connectivity index (χ1) is 8.90. The number of esters is 1. The molecule has 100 valence electrons. The van der Waals surface area contributed by atoms with Crippen molar-refractivity contribution in [1.29, 1.82) is 0 Å². The van der Waals surface area contributed by atoms with Crippen LogP contribution in [0.2, 0.25) is 5.02 Å². The Bertz CT molecular complexity index is 650. The van der Waals surface area contributed by atoms with E-state index in [1.54, 1.807) is 23.7 Å². The molecule has 0 aliphatic rings. The predicted molar refractivity (Wildman–Crippen MR) is 71.0 cm³/mol. The average molecular weight is 281 g/mol. The number of hydrogen-bond donors (Lipinski definition) is 1. The van der Waals surface area contributed by atoms with Gasteiger partial charge in [0.15, 0.2) is 0 Å². The van der Waals surface area contributed by atoms with E-state index >= 15 is 0 Å². The SMILES string of the molecule is CC(=O)Oc1ccc(-n2nc(C)c(Cl)c2C)c(O)c1. The van der Waals surface area contributed by atoms with E-state index in [1.807, 2.05) is 6.92 Å². The van der Waals surface area contributed by atoms with E-state index in [0.717, 1.165) is 5.69 Å². The fourth-order valence-electron chi connectivity index (χ4n) is 1.77. The van der Waals surface area contributed by atoms with Crippen LogP contribution in [0.4, 0.5) is 0 Å². The van der Waals surface area contributed by atoms with Crippen LogP contribution in [0.1, 0.15) is 18.3 Å². The van der Waals surface area contributed by atoms with Gasteiger partial charge >= 0.3 is 5.97 Å². The lowest BCUT2D eigenvalue weighted by molar-refractivity contribution is -0.131. The monoisotopic (exact) mass is 280 g/mol. The number of carbonyl (C=O) groups is 1. The van der Waals surface area contributed by atoms with Crippen molar-refractivity contribution in [1.82, 2.24) is 9.78 Å². The molecule has 0 fully saturated rings. The number of carbonyl (C=O) groups excluding carboxylic acids is 1. The number of rotatable bonds is 2. The van der Waals surface area contributed by atoms with Crippen molar-refractivity contribution in [2.45, 2.75) is 20.8 Å². The summed E-state index contributed by atoms with van der Waals surface area (Å²) in [6.07, 6.45) is 0. The van der Waals surface area contributed by atoms with Crippen molar-refractivity contribution in [3.63, 3.8) is 0 Å². The van der Waals surface area contributed by atoms with Crippen molar-refractivity contribution in [3.05, 3.63) is 34.6 Å². The van der Waals surface area contributed by atoms with Gasteiger partial charge in [-0.05, 0) is 26.0 Å². The van der Waals surface area contributed by atoms with Gasteiger partial charge in [0.1, 0.15) is 17.2 Å². The fraction of sp³-hybridized carbons (Fsp3) is 0.231. The summed E-state index contributed by atoms with van der Waals surface area (Å²) in [5.41, 5.74) is 1.89. The van der Waals surface area contributed by atoms with Crippen LogP contribution in [-0.2, 0) is 4.79 Å². The molecule has 1 aromatic heterocycles. The van der Waals surface area contributed by atoms with Crippen molar-refractivity contribution < 1.29 is 14.6 Å². The van der Waals surface area contributed by atoms with Crippen LogP contribution in [-0.4, -0.2) is 20.9 Å². The highest BCUT2D eigenvalue weighted by Crippen LogP contribution is 2.30. The Morgan fingerprint density at radius 3 is 2.58 bits per heavy atom. The molecule has 19 heavy (non-hydrogen) atoms. The van der Waals surface area contributed by atoms with E-state index in [9.17, 15) is 9.90 Å². The zero-order valence-corrected chi connectivity index (χ0v) is 11.5. The highest BCUT2D eigenvalue weighted by molar-refractivity contribution is 6.31. The van der Waals surface area contributed by atoms with Crippen LogP contribution in [0.15, 0.2) is 18.2 Å². The molecule has 0 amide bonds. The first kappa shape index (κ1) is 13.4. The molecule has 0 aliphatic carbocycles. The summed E-state index contributed by atoms with van der Waals surface area (Å²) in [4.78, 5) is 10.8. The van der Waals surface area contributed by atoms with E-state index in [1.165, 1.54) is 13.0 Å². The number of phenols is 1. The third-order valence-corrected chi connectivity index (χ3v) is 3.19. The Hall–Kier alpha value is -2.01. The van der Waals surface area contributed by atoms with E-state index in [0.29, 0.717) is 16.4 Å². The molecule has 0 bridgehead atoms. The lowest BCUT2D eigenvalue weighted by Gasteiger charge is -2.08. The molecule has 0 atom stereocenters. The van der Waals surface area contributed by atoms with Gasteiger partial charge < -0.3 is 9.84 Å². The molecule has 0 saturated heterocycles. The highest BCUT2D eigenvalue weighted by Gasteiger charge is 2.14. The van der Waals surface area contributed by atoms with E-state index in [2.05, 4.69) is 5.10 Å². The number of benzene rings is 1. The Morgan fingerprint density at radius 1 is 1.42 bits per heavy atom. The molecule has 0 spiro atoms. The number of ether oxygens (including phenoxy) is 1. The molecule has 2 rings (SSSR count). The van der Waals surface area contributed by atoms with E-state index in [4.69, 9.17) is 16.3 Å². The van der Waals surface area contributed by atoms with E-state index < -0.39 is 5.97 Å². The Kier molecular flexibility index (Phi) is 3.48. The molecule has 0 radical (unpaired) electrons. The Labute approximate surface area is 115 Å². The highest BCUT2D eigenvalue weighted by atomic mass is 35.5. The quantitative estimate of drug-likeness (QED) is 0.679. The topological polar surface area (TPSA) is 64.4 Å². The number of nitrogens with zero attached hydrogens (tertiary/aromatic N) is 2.